The van der Waals surface area contributed by atoms with Crippen molar-refractivity contribution >= 4 is 21.6 Å². The Hall–Kier alpha value is -1.94. The minimum absolute atomic E-state index is 0.0997. The lowest BCUT2D eigenvalue weighted by atomic mass is 10.3. The number of carbonyl (C=O) groups is 1. The normalized spacial score (nSPS) is 15.1. The lowest BCUT2D eigenvalue weighted by Crippen LogP contribution is -2.32. The number of nitrogens with two attached hydrogens (primary N) is 1. The molecule has 0 unspecified atom stereocenters. The Morgan fingerprint density at radius 2 is 2.20 bits per heavy atom. The van der Waals surface area contributed by atoms with Gasteiger partial charge in [0.2, 0.25) is 10.0 Å². The van der Waals surface area contributed by atoms with Crippen LogP contribution in [0.5, 0.6) is 0 Å². The SMILES string of the molecule is NS(=O)(=O)CCNC(=O)c1cc([N+](=O)[O-])cn1C1CC1. The van der Waals surface area contributed by atoms with E-state index >= 15 is 0 Å². The minimum Gasteiger partial charge on any atom is -0.350 e. The average Bonchev–Trinajstić information content (AvgIpc) is 3.05. The average molecular weight is 302 g/mol. The zero-order chi connectivity index (χ0) is 14.9. The van der Waals surface area contributed by atoms with Gasteiger partial charge in [-0.1, -0.05) is 0 Å². The molecule has 1 aliphatic carbocycles. The van der Waals surface area contributed by atoms with Crippen LogP contribution in [0.15, 0.2) is 12.3 Å². The molecule has 1 aromatic heterocycles. The molecule has 1 aliphatic rings. The zero-order valence-corrected chi connectivity index (χ0v) is 11.3. The molecule has 2 rings (SSSR count). The second-order valence-corrected chi connectivity index (χ2v) is 6.34. The van der Waals surface area contributed by atoms with Crippen molar-refractivity contribution in [1.82, 2.24) is 9.88 Å². The Balaban J connectivity index is 2.10. The fraction of sp³-hybridized carbons (Fsp3) is 0.500. The lowest BCUT2D eigenvalue weighted by molar-refractivity contribution is -0.384. The number of nitro groups is 1. The lowest BCUT2D eigenvalue weighted by Gasteiger charge is -2.07. The van der Waals surface area contributed by atoms with Gasteiger partial charge in [0.05, 0.1) is 16.9 Å². The standard InChI is InChI=1S/C10H14N4O5S/c11-20(18,19)4-3-12-10(15)9-5-8(14(16)17)6-13(9)7-1-2-7/h5-7H,1-4H2,(H,12,15)(H2,11,18,19). The fourth-order valence-corrected chi connectivity index (χ4v) is 2.19. The first-order valence-electron chi connectivity index (χ1n) is 5.93. The highest BCUT2D eigenvalue weighted by molar-refractivity contribution is 7.89. The molecule has 1 saturated carbocycles. The van der Waals surface area contributed by atoms with Crippen LogP contribution in [0.25, 0.3) is 0 Å². The van der Waals surface area contributed by atoms with E-state index in [1.54, 1.807) is 4.57 Å². The first kappa shape index (κ1) is 14.5. The minimum atomic E-state index is -3.65. The van der Waals surface area contributed by atoms with Crippen LogP contribution in [-0.2, 0) is 10.0 Å². The van der Waals surface area contributed by atoms with E-state index in [0.717, 1.165) is 12.8 Å². The zero-order valence-electron chi connectivity index (χ0n) is 10.5. The Kier molecular flexibility index (Phi) is 3.77. The van der Waals surface area contributed by atoms with E-state index in [-0.39, 0.29) is 29.7 Å². The number of rotatable bonds is 6. The highest BCUT2D eigenvalue weighted by Crippen LogP contribution is 2.37. The third kappa shape index (κ3) is 3.54. The van der Waals surface area contributed by atoms with Crippen molar-refractivity contribution in [2.45, 2.75) is 18.9 Å². The van der Waals surface area contributed by atoms with E-state index in [1.165, 1.54) is 12.3 Å². The molecule has 0 aliphatic heterocycles. The van der Waals surface area contributed by atoms with E-state index in [9.17, 15) is 23.3 Å². The number of aromatic nitrogens is 1. The molecular weight excluding hydrogens is 288 g/mol. The second-order valence-electron chi connectivity index (χ2n) is 4.60. The smallest absolute Gasteiger partial charge is 0.287 e. The molecule has 10 heteroatoms. The molecule has 1 amide bonds. The van der Waals surface area contributed by atoms with Crippen LogP contribution in [0.3, 0.4) is 0 Å². The number of hydrogen-bond acceptors (Lipinski definition) is 5. The van der Waals surface area contributed by atoms with Gasteiger partial charge in [-0.05, 0) is 12.8 Å². The van der Waals surface area contributed by atoms with Gasteiger partial charge in [0.25, 0.3) is 11.6 Å². The van der Waals surface area contributed by atoms with Gasteiger partial charge in [0.15, 0.2) is 0 Å². The summed E-state index contributed by atoms with van der Waals surface area (Å²) in [5, 5.41) is 18.0. The van der Waals surface area contributed by atoms with Gasteiger partial charge in [-0.15, -0.1) is 0 Å². The van der Waals surface area contributed by atoms with Crippen molar-refractivity contribution in [3.8, 4) is 0 Å². The summed E-state index contributed by atoms with van der Waals surface area (Å²) in [7, 11) is -3.65. The Morgan fingerprint density at radius 3 is 2.70 bits per heavy atom. The van der Waals surface area contributed by atoms with Crippen molar-refractivity contribution in [2.24, 2.45) is 5.14 Å². The van der Waals surface area contributed by atoms with Crippen LogP contribution in [-0.4, -0.2) is 36.1 Å². The maximum atomic E-state index is 11.9. The van der Waals surface area contributed by atoms with Gasteiger partial charge in [-0.3, -0.25) is 14.9 Å². The number of primary sulfonamides is 1. The number of amides is 1. The van der Waals surface area contributed by atoms with Crippen molar-refractivity contribution in [2.75, 3.05) is 12.3 Å². The molecule has 20 heavy (non-hydrogen) atoms. The second kappa shape index (κ2) is 5.21. The molecule has 1 fully saturated rings. The Morgan fingerprint density at radius 1 is 1.55 bits per heavy atom. The summed E-state index contributed by atoms with van der Waals surface area (Å²) in [4.78, 5) is 22.1. The quantitative estimate of drug-likeness (QED) is 0.551. The highest BCUT2D eigenvalue weighted by Gasteiger charge is 2.30. The molecule has 0 aromatic carbocycles. The fourth-order valence-electron chi connectivity index (χ4n) is 1.80. The Bertz CT molecular complexity index is 647. The number of nitrogens with one attached hydrogen (secondary N) is 1. The molecule has 0 bridgehead atoms. The molecule has 0 spiro atoms. The molecular formula is C10H14N4O5S. The Labute approximate surface area is 114 Å². The van der Waals surface area contributed by atoms with Crippen LogP contribution in [0, 0.1) is 10.1 Å². The van der Waals surface area contributed by atoms with Gasteiger partial charge >= 0.3 is 0 Å². The van der Waals surface area contributed by atoms with E-state index in [4.69, 9.17) is 5.14 Å². The summed E-state index contributed by atoms with van der Waals surface area (Å²) in [5.74, 6) is -0.932. The molecule has 9 nitrogen and oxygen atoms in total. The van der Waals surface area contributed by atoms with Crippen molar-refractivity contribution < 1.29 is 18.1 Å². The third-order valence-electron chi connectivity index (χ3n) is 2.89. The van der Waals surface area contributed by atoms with Crippen LogP contribution in [0.2, 0.25) is 0 Å². The van der Waals surface area contributed by atoms with E-state index < -0.39 is 20.9 Å². The van der Waals surface area contributed by atoms with Crippen molar-refractivity contribution in [1.29, 1.82) is 0 Å². The summed E-state index contributed by atoms with van der Waals surface area (Å²) in [5.41, 5.74) is 0.00196. The third-order valence-corrected chi connectivity index (χ3v) is 3.66. The largest absolute Gasteiger partial charge is 0.350 e. The van der Waals surface area contributed by atoms with Crippen LogP contribution in [0.1, 0.15) is 29.4 Å². The summed E-state index contributed by atoms with van der Waals surface area (Å²) in [6, 6.07) is 1.28. The van der Waals surface area contributed by atoms with Crippen LogP contribution < -0.4 is 10.5 Å². The summed E-state index contributed by atoms with van der Waals surface area (Å²) >= 11 is 0. The maximum Gasteiger partial charge on any atom is 0.287 e. The van der Waals surface area contributed by atoms with E-state index in [0.29, 0.717) is 0 Å². The first-order chi connectivity index (χ1) is 9.28. The van der Waals surface area contributed by atoms with Crippen molar-refractivity contribution in [3.05, 3.63) is 28.1 Å². The predicted molar refractivity (Wildman–Crippen MR) is 69.7 cm³/mol. The first-order valence-corrected chi connectivity index (χ1v) is 7.64. The number of carbonyl (C=O) groups excluding carboxylic acids is 1. The highest BCUT2D eigenvalue weighted by atomic mass is 32.2. The summed E-state index contributed by atoms with van der Waals surface area (Å²) < 4.78 is 23.1. The molecule has 110 valence electrons. The molecule has 0 radical (unpaired) electrons. The molecule has 1 aromatic rings. The maximum absolute atomic E-state index is 11.9. The topological polar surface area (TPSA) is 137 Å². The van der Waals surface area contributed by atoms with Gasteiger partial charge in [0.1, 0.15) is 5.69 Å². The molecule has 3 N–H and O–H groups in total. The number of sulfonamides is 1. The summed E-state index contributed by atoms with van der Waals surface area (Å²) in [6.07, 6.45) is 3.05. The van der Waals surface area contributed by atoms with Gasteiger partial charge in [-0.2, -0.15) is 0 Å². The van der Waals surface area contributed by atoms with Crippen LogP contribution >= 0.6 is 0 Å². The monoisotopic (exact) mass is 302 g/mol. The van der Waals surface area contributed by atoms with Crippen LogP contribution in [0.4, 0.5) is 5.69 Å². The van der Waals surface area contributed by atoms with Gasteiger partial charge in [-0.25, -0.2) is 13.6 Å². The van der Waals surface area contributed by atoms with E-state index in [2.05, 4.69) is 5.32 Å². The van der Waals surface area contributed by atoms with Gasteiger partial charge < -0.3 is 9.88 Å². The number of nitrogens with zero attached hydrogens (tertiary/aromatic N) is 2. The molecule has 1 heterocycles. The number of hydrogen-bond donors (Lipinski definition) is 2. The van der Waals surface area contributed by atoms with E-state index in [1.807, 2.05) is 0 Å². The summed E-state index contributed by atoms with van der Waals surface area (Å²) in [6.45, 7) is -0.138. The van der Waals surface area contributed by atoms with Gasteiger partial charge in [0, 0.05) is 18.7 Å². The predicted octanol–water partition coefficient (Wildman–Crippen LogP) is -0.250. The van der Waals surface area contributed by atoms with Crippen molar-refractivity contribution in [3.63, 3.8) is 0 Å². The molecule has 0 saturated heterocycles. The molecule has 0 atom stereocenters.